The van der Waals surface area contributed by atoms with Crippen LogP contribution < -0.4 is 5.32 Å². The Morgan fingerprint density at radius 2 is 2.29 bits per heavy atom. The fraction of sp³-hybridized carbons (Fsp3) is 0.714. The van der Waals surface area contributed by atoms with E-state index in [0.29, 0.717) is 18.2 Å². The van der Waals surface area contributed by atoms with E-state index in [1.807, 2.05) is 11.3 Å². The van der Waals surface area contributed by atoms with E-state index < -0.39 is 0 Å². The van der Waals surface area contributed by atoms with Crippen LogP contribution in [0.2, 0.25) is 0 Å². The van der Waals surface area contributed by atoms with Gasteiger partial charge in [0.2, 0.25) is 0 Å². The van der Waals surface area contributed by atoms with Crippen LogP contribution in [0.25, 0.3) is 0 Å². The monoisotopic (exact) mass is 253 g/mol. The molecule has 2 heterocycles. The highest BCUT2D eigenvalue weighted by molar-refractivity contribution is 7.12. The van der Waals surface area contributed by atoms with Crippen LogP contribution in [0.1, 0.15) is 49.4 Å². The third-order valence-electron chi connectivity index (χ3n) is 3.49. The zero-order valence-electron chi connectivity index (χ0n) is 11.0. The van der Waals surface area contributed by atoms with Gasteiger partial charge in [0.05, 0.1) is 6.10 Å². The molecule has 0 saturated carbocycles. The SMILES string of the molecule is CCc1ccc(C(C)NC(C)C2CCCO2)s1. The lowest BCUT2D eigenvalue weighted by atomic mass is 10.1. The van der Waals surface area contributed by atoms with E-state index in [1.165, 1.54) is 22.6 Å². The predicted octanol–water partition coefficient (Wildman–Crippen LogP) is 3.53. The summed E-state index contributed by atoms with van der Waals surface area (Å²) in [6.45, 7) is 7.63. The molecule has 1 fully saturated rings. The number of rotatable bonds is 5. The van der Waals surface area contributed by atoms with Gasteiger partial charge < -0.3 is 10.1 Å². The van der Waals surface area contributed by atoms with Gasteiger partial charge in [0.15, 0.2) is 0 Å². The number of nitrogens with one attached hydrogen (secondary N) is 1. The molecule has 0 aliphatic carbocycles. The van der Waals surface area contributed by atoms with Gasteiger partial charge in [0.1, 0.15) is 0 Å². The molecule has 1 aromatic heterocycles. The van der Waals surface area contributed by atoms with Crippen molar-refractivity contribution >= 4 is 11.3 Å². The summed E-state index contributed by atoms with van der Waals surface area (Å²) in [5.41, 5.74) is 0. The first-order valence-corrected chi connectivity index (χ1v) is 7.48. The Morgan fingerprint density at radius 1 is 1.47 bits per heavy atom. The molecule has 17 heavy (non-hydrogen) atoms. The van der Waals surface area contributed by atoms with Gasteiger partial charge in [-0.2, -0.15) is 0 Å². The third-order valence-corrected chi connectivity index (χ3v) is 4.91. The van der Waals surface area contributed by atoms with Crippen LogP contribution >= 0.6 is 11.3 Å². The van der Waals surface area contributed by atoms with E-state index in [1.54, 1.807) is 0 Å². The topological polar surface area (TPSA) is 21.3 Å². The van der Waals surface area contributed by atoms with Crippen LogP contribution in [0.4, 0.5) is 0 Å². The van der Waals surface area contributed by atoms with Crippen molar-refractivity contribution in [3.63, 3.8) is 0 Å². The highest BCUT2D eigenvalue weighted by Crippen LogP contribution is 2.25. The summed E-state index contributed by atoms with van der Waals surface area (Å²) >= 11 is 1.92. The number of hydrogen-bond donors (Lipinski definition) is 1. The molecule has 3 heteroatoms. The molecule has 2 nitrogen and oxygen atoms in total. The first kappa shape index (κ1) is 13.1. The fourth-order valence-electron chi connectivity index (χ4n) is 2.40. The van der Waals surface area contributed by atoms with Crippen molar-refractivity contribution in [2.24, 2.45) is 0 Å². The molecular formula is C14H23NOS. The smallest absolute Gasteiger partial charge is 0.0726 e. The van der Waals surface area contributed by atoms with Crippen molar-refractivity contribution in [2.45, 2.75) is 58.2 Å². The second kappa shape index (κ2) is 5.98. The zero-order valence-corrected chi connectivity index (χ0v) is 11.8. The van der Waals surface area contributed by atoms with Gasteiger partial charge in [-0.3, -0.25) is 0 Å². The number of aryl methyl sites for hydroxylation is 1. The lowest BCUT2D eigenvalue weighted by Crippen LogP contribution is -2.38. The molecular weight excluding hydrogens is 230 g/mol. The normalized spacial score (nSPS) is 23.8. The molecule has 3 atom stereocenters. The Bertz CT molecular complexity index is 344. The van der Waals surface area contributed by atoms with Crippen LogP contribution in [-0.4, -0.2) is 18.8 Å². The maximum Gasteiger partial charge on any atom is 0.0726 e. The van der Waals surface area contributed by atoms with Crippen LogP contribution in [0, 0.1) is 0 Å². The molecule has 1 saturated heterocycles. The van der Waals surface area contributed by atoms with Gasteiger partial charge in [-0.05, 0) is 45.2 Å². The highest BCUT2D eigenvalue weighted by Gasteiger charge is 2.23. The summed E-state index contributed by atoms with van der Waals surface area (Å²) in [5, 5.41) is 3.66. The van der Waals surface area contributed by atoms with Gasteiger partial charge >= 0.3 is 0 Å². The summed E-state index contributed by atoms with van der Waals surface area (Å²) < 4.78 is 5.72. The summed E-state index contributed by atoms with van der Waals surface area (Å²) in [5.74, 6) is 0. The molecule has 1 aromatic rings. The molecule has 3 unspecified atom stereocenters. The maximum atomic E-state index is 5.72. The van der Waals surface area contributed by atoms with Gasteiger partial charge in [-0.25, -0.2) is 0 Å². The summed E-state index contributed by atoms with van der Waals surface area (Å²) in [6.07, 6.45) is 3.96. The lowest BCUT2D eigenvalue weighted by molar-refractivity contribution is 0.0805. The molecule has 0 spiro atoms. The Kier molecular flexibility index (Phi) is 4.60. The number of thiophene rings is 1. The fourth-order valence-corrected chi connectivity index (χ4v) is 3.36. The van der Waals surface area contributed by atoms with Gasteiger partial charge in [0.25, 0.3) is 0 Å². The summed E-state index contributed by atoms with van der Waals surface area (Å²) in [4.78, 5) is 2.91. The largest absolute Gasteiger partial charge is 0.377 e. The Labute approximate surface area is 108 Å². The summed E-state index contributed by atoms with van der Waals surface area (Å²) in [7, 11) is 0. The molecule has 0 radical (unpaired) electrons. The van der Waals surface area contributed by atoms with E-state index in [2.05, 4.69) is 38.2 Å². The van der Waals surface area contributed by atoms with Crippen LogP contribution in [0.3, 0.4) is 0 Å². The minimum absolute atomic E-state index is 0.406. The Morgan fingerprint density at radius 3 is 2.88 bits per heavy atom. The molecule has 96 valence electrons. The minimum Gasteiger partial charge on any atom is -0.377 e. The number of hydrogen-bond acceptors (Lipinski definition) is 3. The first-order valence-electron chi connectivity index (χ1n) is 6.67. The van der Waals surface area contributed by atoms with Gasteiger partial charge in [0, 0.05) is 28.4 Å². The highest BCUT2D eigenvalue weighted by atomic mass is 32.1. The number of ether oxygens (including phenoxy) is 1. The van der Waals surface area contributed by atoms with Crippen molar-refractivity contribution in [2.75, 3.05) is 6.61 Å². The molecule has 1 N–H and O–H groups in total. The van der Waals surface area contributed by atoms with Crippen LogP contribution in [-0.2, 0) is 11.2 Å². The third kappa shape index (κ3) is 3.30. The zero-order chi connectivity index (χ0) is 12.3. The standard InChI is InChI=1S/C14H23NOS/c1-4-12-7-8-14(17-12)11(3)15-10(2)13-6-5-9-16-13/h7-8,10-11,13,15H,4-6,9H2,1-3H3. The van der Waals surface area contributed by atoms with Crippen molar-refractivity contribution in [3.8, 4) is 0 Å². The van der Waals surface area contributed by atoms with Crippen LogP contribution in [0.15, 0.2) is 12.1 Å². The van der Waals surface area contributed by atoms with Crippen molar-refractivity contribution in [1.82, 2.24) is 5.32 Å². The first-order chi connectivity index (χ1) is 8.20. The second-order valence-corrected chi connectivity index (χ2v) is 6.09. The Hall–Kier alpha value is -0.380. The minimum atomic E-state index is 0.406. The quantitative estimate of drug-likeness (QED) is 0.867. The molecule has 0 bridgehead atoms. The van der Waals surface area contributed by atoms with E-state index in [9.17, 15) is 0 Å². The van der Waals surface area contributed by atoms with E-state index in [4.69, 9.17) is 4.74 Å². The van der Waals surface area contributed by atoms with Crippen molar-refractivity contribution in [3.05, 3.63) is 21.9 Å². The molecule has 1 aliphatic heterocycles. The molecule has 0 amide bonds. The molecule has 1 aliphatic rings. The van der Waals surface area contributed by atoms with Crippen LogP contribution in [0.5, 0.6) is 0 Å². The maximum absolute atomic E-state index is 5.72. The Balaban J connectivity index is 1.89. The lowest BCUT2D eigenvalue weighted by Gasteiger charge is -2.23. The average Bonchev–Trinajstić information content (AvgIpc) is 3.00. The molecule has 2 rings (SSSR count). The molecule has 0 aromatic carbocycles. The van der Waals surface area contributed by atoms with E-state index >= 15 is 0 Å². The predicted molar refractivity (Wildman–Crippen MR) is 73.7 cm³/mol. The average molecular weight is 253 g/mol. The van der Waals surface area contributed by atoms with Gasteiger partial charge in [-0.1, -0.05) is 6.92 Å². The van der Waals surface area contributed by atoms with Crippen molar-refractivity contribution < 1.29 is 4.74 Å². The van der Waals surface area contributed by atoms with Crippen molar-refractivity contribution in [1.29, 1.82) is 0 Å². The van der Waals surface area contributed by atoms with E-state index in [0.717, 1.165) is 13.0 Å². The van der Waals surface area contributed by atoms with E-state index in [-0.39, 0.29) is 0 Å². The second-order valence-electron chi connectivity index (χ2n) is 4.89. The van der Waals surface area contributed by atoms with Gasteiger partial charge in [-0.15, -0.1) is 11.3 Å². The summed E-state index contributed by atoms with van der Waals surface area (Å²) in [6, 6.07) is 5.37.